The number of para-hydroxylation sites is 1. The number of nitrogens with one attached hydrogen (secondary N) is 2. The minimum atomic E-state index is -0.368. The average Bonchev–Trinajstić information content (AvgIpc) is 2.79. The standard InChI is InChI=1S/C24H26N2O5/c1-29-21-14-18(15-22(30-2)23(21)31-3)17-8-6-9-19(13-17)25-24(28)26-20-10-5-4-7-16(20)11-12-27/h4-10,13-15,27H,11-12H2,1-3H3,(H2,25,26,28). The van der Waals surface area contributed by atoms with Crippen LogP contribution in [0.4, 0.5) is 16.2 Å². The van der Waals surface area contributed by atoms with E-state index in [2.05, 4.69) is 10.6 Å². The van der Waals surface area contributed by atoms with Gasteiger partial charge in [-0.15, -0.1) is 0 Å². The highest BCUT2D eigenvalue weighted by Crippen LogP contribution is 2.41. The van der Waals surface area contributed by atoms with E-state index in [0.29, 0.717) is 35.0 Å². The fourth-order valence-electron chi connectivity index (χ4n) is 3.29. The van der Waals surface area contributed by atoms with Crippen LogP contribution in [0.5, 0.6) is 17.2 Å². The number of carbonyl (C=O) groups is 1. The smallest absolute Gasteiger partial charge is 0.323 e. The summed E-state index contributed by atoms with van der Waals surface area (Å²) in [6.07, 6.45) is 0.465. The van der Waals surface area contributed by atoms with E-state index in [1.54, 1.807) is 33.5 Å². The van der Waals surface area contributed by atoms with Gasteiger partial charge in [0.25, 0.3) is 0 Å². The zero-order valence-electron chi connectivity index (χ0n) is 17.8. The molecule has 0 saturated heterocycles. The monoisotopic (exact) mass is 422 g/mol. The van der Waals surface area contributed by atoms with Gasteiger partial charge in [0.1, 0.15) is 0 Å². The van der Waals surface area contributed by atoms with Crippen LogP contribution < -0.4 is 24.8 Å². The molecule has 0 aliphatic carbocycles. The fraction of sp³-hybridized carbons (Fsp3) is 0.208. The summed E-state index contributed by atoms with van der Waals surface area (Å²) >= 11 is 0. The van der Waals surface area contributed by atoms with Gasteiger partial charge >= 0.3 is 6.03 Å². The number of aliphatic hydroxyl groups excluding tert-OH is 1. The van der Waals surface area contributed by atoms with Crippen LogP contribution in [0, 0.1) is 0 Å². The molecule has 3 rings (SSSR count). The maximum absolute atomic E-state index is 12.5. The van der Waals surface area contributed by atoms with Gasteiger partial charge in [-0.3, -0.25) is 0 Å². The van der Waals surface area contributed by atoms with Crippen molar-refractivity contribution in [1.29, 1.82) is 0 Å². The first kappa shape index (κ1) is 22.0. The Morgan fingerprint density at radius 1 is 0.839 bits per heavy atom. The quantitative estimate of drug-likeness (QED) is 0.495. The number of ether oxygens (including phenoxy) is 3. The number of rotatable bonds is 8. The molecule has 0 fully saturated rings. The highest BCUT2D eigenvalue weighted by Gasteiger charge is 2.14. The number of urea groups is 1. The van der Waals surface area contributed by atoms with Crippen LogP contribution in [0.1, 0.15) is 5.56 Å². The van der Waals surface area contributed by atoms with Crippen molar-refractivity contribution < 1.29 is 24.1 Å². The first-order valence-electron chi connectivity index (χ1n) is 9.76. The zero-order valence-corrected chi connectivity index (χ0v) is 17.8. The third-order valence-electron chi connectivity index (χ3n) is 4.77. The molecule has 0 unspecified atom stereocenters. The Kier molecular flexibility index (Phi) is 7.35. The first-order valence-corrected chi connectivity index (χ1v) is 9.76. The number of hydrogen-bond donors (Lipinski definition) is 3. The zero-order chi connectivity index (χ0) is 22.2. The molecule has 3 N–H and O–H groups in total. The average molecular weight is 422 g/mol. The molecular formula is C24H26N2O5. The summed E-state index contributed by atoms with van der Waals surface area (Å²) in [6.45, 7) is 0.0111. The summed E-state index contributed by atoms with van der Waals surface area (Å²) in [4.78, 5) is 12.5. The Bertz CT molecular complexity index is 1030. The number of amides is 2. The van der Waals surface area contributed by atoms with Gasteiger partial charge in [-0.1, -0.05) is 30.3 Å². The van der Waals surface area contributed by atoms with Crippen LogP contribution in [-0.2, 0) is 6.42 Å². The molecule has 0 spiro atoms. The third-order valence-corrected chi connectivity index (χ3v) is 4.77. The van der Waals surface area contributed by atoms with E-state index in [1.165, 1.54) is 0 Å². The molecule has 0 radical (unpaired) electrons. The predicted octanol–water partition coefficient (Wildman–Crippen LogP) is 4.56. The van der Waals surface area contributed by atoms with E-state index in [-0.39, 0.29) is 12.6 Å². The van der Waals surface area contributed by atoms with Crippen molar-refractivity contribution in [2.45, 2.75) is 6.42 Å². The lowest BCUT2D eigenvalue weighted by molar-refractivity contribution is 0.262. The number of carbonyl (C=O) groups excluding carboxylic acids is 1. The number of benzene rings is 3. The SMILES string of the molecule is COc1cc(-c2cccc(NC(=O)Nc3ccccc3CCO)c2)cc(OC)c1OC. The molecule has 7 heteroatoms. The molecule has 0 bridgehead atoms. The lowest BCUT2D eigenvalue weighted by Crippen LogP contribution is -2.20. The number of methoxy groups -OCH3 is 3. The second-order valence-electron chi connectivity index (χ2n) is 6.70. The Balaban J connectivity index is 1.82. The Labute approximate surface area is 181 Å². The van der Waals surface area contributed by atoms with Crippen LogP contribution >= 0.6 is 0 Å². The second-order valence-corrected chi connectivity index (χ2v) is 6.70. The van der Waals surface area contributed by atoms with Crippen LogP contribution in [0.15, 0.2) is 60.7 Å². The molecule has 0 atom stereocenters. The largest absolute Gasteiger partial charge is 0.493 e. The minimum absolute atomic E-state index is 0.0111. The van der Waals surface area contributed by atoms with E-state index in [9.17, 15) is 9.90 Å². The molecular weight excluding hydrogens is 396 g/mol. The first-order chi connectivity index (χ1) is 15.1. The highest BCUT2D eigenvalue weighted by atomic mass is 16.5. The summed E-state index contributed by atoms with van der Waals surface area (Å²) in [6, 6.07) is 18.2. The molecule has 0 aliphatic rings. The number of anilines is 2. The van der Waals surface area contributed by atoms with Crippen LogP contribution in [0.2, 0.25) is 0 Å². The van der Waals surface area contributed by atoms with Gasteiger partial charge in [0.2, 0.25) is 5.75 Å². The van der Waals surface area contributed by atoms with Gasteiger partial charge in [-0.2, -0.15) is 0 Å². The van der Waals surface area contributed by atoms with E-state index in [1.807, 2.05) is 48.5 Å². The lowest BCUT2D eigenvalue weighted by Gasteiger charge is -2.15. The Morgan fingerprint density at radius 2 is 1.55 bits per heavy atom. The summed E-state index contributed by atoms with van der Waals surface area (Å²) in [7, 11) is 4.69. The van der Waals surface area contributed by atoms with Crippen molar-refractivity contribution in [3.05, 3.63) is 66.2 Å². The normalized spacial score (nSPS) is 10.3. The summed E-state index contributed by atoms with van der Waals surface area (Å²) in [5.41, 5.74) is 3.88. The van der Waals surface area contributed by atoms with Crippen molar-refractivity contribution in [3.63, 3.8) is 0 Å². The van der Waals surface area contributed by atoms with Gasteiger partial charge in [0, 0.05) is 18.0 Å². The molecule has 0 aromatic heterocycles. The van der Waals surface area contributed by atoms with Gasteiger partial charge in [0.05, 0.1) is 21.3 Å². The predicted molar refractivity (Wildman–Crippen MR) is 121 cm³/mol. The van der Waals surface area contributed by atoms with E-state index in [0.717, 1.165) is 16.7 Å². The molecule has 0 aliphatic heterocycles. The van der Waals surface area contributed by atoms with Gasteiger partial charge in [0.15, 0.2) is 11.5 Å². The van der Waals surface area contributed by atoms with Gasteiger partial charge in [-0.05, 0) is 53.4 Å². The maximum Gasteiger partial charge on any atom is 0.323 e. The second kappa shape index (κ2) is 10.4. The molecule has 0 saturated carbocycles. The summed E-state index contributed by atoms with van der Waals surface area (Å²) in [5, 5.41) is 14.9. The van der Waals surface area contributed by atoms with E-state index < -0.39 is 0 Å². The Morgan fingerprint density at radius 3 is 2.19 bits per heavy atom. The fourth-order valence-corrected chi connectivity index (χ4v) is 3.29. The van der Waals surface area contributed by atoms with E-state index >= 15 is 0 Å². The highest BCUT2D eigenvalue weighted by molar-refractivity contribution is 6.00. The molecule has 31 heavy (non-hydrogen) atoms. The summed E-state index contributed by atoms with van der Waals surface area (Å²) in [5.74, 6) is 1.62. The van der Waals surface area contributed by atoms with E-state index in [4.69, 9.17) is 14.2 Å². The molecule has 2 amide bonds. The molecule has 7 nitrogen and oxygen atoms in total. The lowest BCUT2D eigenvalue weighted by atomic mass is 10.0. The third kappa shape index (κ3) is 5.26. The van der Waals surface area contributed by atoms with Crippen molar-refractivity contribution >= 4 is 17.4 Å². The molecule has 3 aromatic rings. The minimum Gasteiger partial charge on any atom is -0.493 e. The van der Waals surface area contributed by atoms with Gasteiger partial charge < -0.3 is 30.0 Å². The topological polar surface area (TPSA) is 89.1 Å². The number of hydrogen-bond acceptors (Lipinski definition) is 5. The molecule has 162 valence electrons. The van der Waals surface area contributed by atoms with Crippen molar-refractivity contribution in [1.82, 2.24) is 0 Å². The Hall–Kier alpha value is -3.71. The van der Waals surface area contributed by atoms with Crippen molar-refractivity contribution in [3.8, 4) is 28.4 Å². The summed E-state index contributed by atoms with van der Waals surface area (Å²) < 4.78 is 16.2. The van der Waals surface area contributed by atoms with Crippen molar-refractivity contribution in [2.75, 3.05) is 38.6 Å². The maximum atomic E-state index is 12.5. The molecule has 0 heterocycles. The van der Waals surface area contributed by atoms with Crippen LogP contribution in [-0.4, -0.2) is 39.1 Å². The van der Waals surface area contributed by atoms with Crippen LogP contribution in [0.3, 0.4) is 0 Å². The van der Waals surface area contributed by atoms with Gasteiger partial charge in [-0.25, -0.2) is 4.79 Å². The number of aliphatic hydroxyl groups is 1. The van der Waals surface area contributed by atoms with Crippen molar-refractivity contribution in [2.24, 2.45) is 0 Å². The molecule has 3 aromatic carbocycles. The van der Waals surface area contributed by atoms with Crippen LogP contribution in [0.25, 0.3) is 11.1 Å².